The lowest BCUT2D eigenvalue weighted by Gasteiger charge is -2.15. The summed E-state index contributed by atoms with van der Waals surface area (Å²) in [5.41, 5.74) is 2.71. The summed E-state index contributed by atoms with van der Waals surface area (Å²) in [7, 11) is -3.93. The number of sulfone groups is 1. The van der Waals surface area contributed by atoms with E-state index in [1.807, 2.05) is 19.1 Å². The predicted octanol–water partition coefficient (Wildman–Crippen LogP) is 3.92. The molecule has 3 rings (SSSR count). The average Bonchev–Trinajstić information content (AvgIpc) is 2.93. The molecule has 3 aromatic rings. The SMILES string of the molecule is C=CC(c1ccc(C#N)cc1)S(=O)(=O)c1c(C)n(CC(=O)O)c2ccc(C)cc12. The molecule has 0 fully saturated rings. The second kappa shape index (κ2) is 7.57. The molecule has 1 unspecified atom stereocenters. The first-order chi connectivity index (χ1) is 13.7. The minimum atomic E-state index is -3.93. The Morgan fingerprint density at radius 1 is 1.24 bits per heavy atom. The molecule has 0 aliphatic rings. The van der Waals surface area contributed by atoms with E-state index in [0.29, 0.717) is 27.7 Å². The molecule has 6 nitrogen and oxygen atoms in total. The number of aryl methyl sites for hydroxylation is 1. The van der Waals surface area contributed by atoms with Crippen LogP contribution in [0.1, 0.15) is 27.6 Å². The Kier molecular flexibility index (Phi) is 5.31. The second-order valence-electron chi connectivity index (χ2n) is 6.85. The third-order valence-electron chi connectivity index (χ3n) is 4.92. The number of aliphatic carboxylic acids is 1. The number of hydrogen-bond donors (Lipinski definition) is 1. The largest absolute Gasteiger partial charge is 0.480 e. The van der Waals surface area contributed by atoms with E-state index in [9.17, 15) is 18.3 Å². The molecular formula is C22H20N2O4S. The predicted molar refractivity (Wildman–Crippen MR) is 110 cm³/mol. The van der Waals surface area contributed by atoms with Crippen molar-refractivity contribution in [2.45, 2.75) is 30.5 Å². The summed E-state index contributed by atoms with van der Waals surface area (Å²) in [4.78, 5) is 11.5. The summed E-state index contributed by atoms with van der Waals surface area (Å²) in [6, 6.07) is 13.6. The minimum Gasteiger partial charge on any atom is -0.480 e. The number of carboxylic acid groups (broad SMARTS) is 1. The monoisotopic (exact) mass is 408 g/mol. The van der Waals surface area contributed by atoms with Gasteiger partial charge in [0.05, 0.1) is 22.0 Å². The van der Waals surface area contributed by atoms with Crippen molar-refractivity contribution in [2.24, 2.45) is 0 Å². The summed E-state index contributed by atoms with van der Waals surface area (Å²) in [5, 5.41) is 17.7. The summed E-state index contributed by atoms with van der Waals surface area (Å²) in [6.45, 7) is 6.84. The standard InChI is InChI=1S/C22H20N2O4S/c1-4-20(17-8-6-16(12-23)7-9-17)29(27,28)22-15(3)24(13-21(25)26)19-10-5-14(2)11-18(19)22/h4-11,20H,1,13H2,2-3H3,(H,25,26). The molecule has 1 N–H and O–H groups in total. The molecule has 0 saturated heterocycles. The van der Waals surface area contributed by atoms with Crippen molar-refractivity contribution in [3.8, 4) is 6.07 Å². The topological polar surface area (TPSA) is 100 Å². The molecule has 0 spiro atoms. The summed E-state index contributed by atoms with van der Waals surface area (Å²) < 4.78 is 28.8. The van der Waals surface area contributed by atoms with Gasteiger partial charge >= 0.3 is 5.97 Å². The van der Waals surface area contributed by atoms with Crippen LogP contribution in [0, 0.1) is 25.2 Å². The molecule has 0 radical (unpaired) electrons. The Hall–Kier alpha value is -3.37. The Bertz CT molecular complexity index is 1260. The van der Waals surface area contributed by atoms with Crippen molar-refractivity contribution >= 4 is 26.7 Å². The Labute approximate surface area is 169 Å². The smallest absolute Gasteiger partial charge is 0.323 e. The molecule has 0 bridgehead atoms. The first kappa shape index (κ1) is 20.4. The number of benzene rings is 2. The first-order valence-corrected chi connectivity index (χ1v) is 10.4. The van der Waals surface area contributed by atoms with E-state index in [0.717, 1.165) is 5.56 Å². The van der Waals surface area contributed by atoms with E-state index < -0.39 is 21.1 Å². The van der Waals surface area contributed by atoms with Crippen molar-refractivity contribution in [3.05, 3.63) is 77.5 Å². The summed E-state index contributed by atoms with van der Waals surface area (Å²) in [6.07, 6.45) is 1.35. The van der Waals surface area contributed by atoms with Gasteiger partial charge in [-0.1, -0.05) is 29.8 Å². The number of carboxylic acids is 1. The fourth-order valence-electron chi connectivity index (χ4n) is 3.58. The Morgan fingerprint density at radius 3 is 2.45 bits per heavy atom. The molecule has 1 atom stereocenters. The molecule has 0 amide bonds. The number of rotatable bonds is 6. The molecule has 1 heterocycles. The van der Waals surface area contributed by atoms with Crippen LogP contribution >= 0.6 is 0 Å². The van der Waals surface area contributed by atoms with E-state index in [4.69, 9.17) is 5.26 Å². The number of nitrogens with zero attached hydrogens (tertiary/aromatic N) is 2. The molecule has 2 aromatic carbocycles. The van der Waals surface area contributed by atoms with E-state index in [1.54, 1.807) is 43.3 Å². The highest BCUT2D eigenvalue weighted by Gasteiger charge is 2.32. The number of hydrogen-bond acceptors (Lipinski definition) is 4. The number of fused-ring (bicyclic) bond motifs is 1. The van der Waals surface area contributed by atoms with Gasteiger partial charge in [0, 0.05) is 11.1 Å². The van der Waals surface area contributed by atoms with Crippen LogP contribution in [0.15, 0.2) is 60.0 Å². The summed E-state index contributed by atoms with van der Waals surface area (Å²) in [5.74, 6) is -1.05. The van der Waals surface area contributed by atoms with E-state index >= 15 is 0 Å². The number of nitriles is 1. The lowest BCUT2D eigenvalue weighted by molar-refractivity contribution is -0.137. The van der Waals surface area contributed by atoms with Crippen molar-refractivity contribution in [2.75, 3.05) is 0 Å². The fourth-order valence-corrected chi connectivity index (χ4v) is 5.59. The van der Waals surface area contributed by atoms with Gasteiger partial charge in [0.15, 0.2) is 9.84 Å². The second-order valence-corrected chi connectivity index (χ2v) is 8.86. The first-order valence-electron chi connectivity index (χ1n) is 8.88. The van der Waals surface area contributed by atoms with Gasteiger partial charge in [-0.3, -0.25) is 4.79 Å². The molecule has 1 aromatic heterocycles. The Morgan fingerprint density at radius 2 is 1.90 bits per heavy atom. The summed E-state index contributed by atoms with van der Waals surface area (Å²) >= 11 is 0. The van der Waals surface area contributed by atoms with Crippen LogP contribution < -0.4 is 0 Å². The lowest BCUT2D eigenvalue weighted by Crippen LogP contribution is -2.14. The van der Waals surface area contributed by atoms with Gasteiger partial charge in [0.2, 0.25) is 0 Å². The van der Waals surface area contributed by atoms with Crippen LogP contribution in [0.3, 0.4) is 0 Å². The highest BCUT2D eigenvalue weighted by Crippen LogP contribution is 2.38. The van der Waals surface area contributed by atoms with Gasteiger partial charge in [-0.15, -0.1) is 6.58 Å². The lowest BCUT2D eigenvalue weighted by atomic mass is 10.1. The van der Waals surface area contributed by atoms with Gasteiger partial charge in [0.25, 0.3) is 0 Å². The maximum Gasteiger partial charge on any atom is 0.323 e. The highest BCUT2D eigenvalue weighted by molar-refractivity contribution is 7.92. The van der Waals surface area contributed by atoms with Gasteiger partial charge in [0.1, 0.15) is 11.8 Å². The zero-order chi connectivity index (χ0) is 21.3. The molecule has 7 heteroatoms. The van der Waals surface area contributed by atoms with Crippen LogP contribution in [0.5, 0.6) is 0 Å². The molecule has 0 aliphatic heterocycles. The van der Waals surface area contributed by atoms with E-state index in [2.05, 4.69) is 6.58 Å². The van der Waals surface area contributed by atoms with Crippen molar-refractivity contribution in [1.29, 1.82) is 5.26 Å². The quantitative estimate of drug-likeness (QED) is 0.623. The third-order valence-corrected chi connectivity index (χ3v) is 7.13. The molecular weight excluding hydrogens is 388 g/mol. The van der Waals surface area contributed by atoms with Crippen molar-refractivity contribution in [3.63, 3.8) is 0 Å². The number of carbonyl (C=O) groups is 1. The molecule has 0 saturated carbocycles. The van der Waals surface area contributed by atoms with Crippen LogP contribution in [0.4, 0.5) is 0 Å². The Balaban J connectivity index is 2.28. The van der Waals surface area contributed by atoms with Crippen molar-refractivity contribution in [1.82, 2.24) is 4.57 Å². The van der Waals surface area contributed by atoms with Gasteiger partial charge < -0.3 is 9.67 Å². The van der Waals surface area contributed by atoms with Gasteiger partial charge in [-0.2, -0.15) is 5.26 Å². The van der Waals surface area contributed by atoms with E-state index in [-0.39, 0.29) is 11.4 Å². The highest BCUT2D eigenvalue weighted by atomic mass is 32.2. The van der Waals surface area contributed by atoms with Crippen LogP contribution in [-0.2, 0) is 21.2 Å². The van der Waals surface area contributed by atoms with Crippen LogP contribution in [0.2, 0.25) is 0 Å². The van der Waals surface area contributed by atoms with Crippen LogP contribution in [-0.4, -0.2) is 24.1 Å². The maximum absolute atomic E-state index is 13.7. The number of aromatic nitrogens is 1. The van der Waals surface area contributed by atoms with Gasteiger partial charge in [-0.25, -0.2) is 8.42 Å². The van der Waals surface area contributed by atoms with Crippen LogP contribution in [0.25, 0.3) is 10.9 Å². The maximum atomic E-state index is 13.7. The molecule has 0 aliphatic carbocycles. The van der Waals surface area contributed by atoms with Gasteiger partial charge in [-0.05, 0) is 43.7 Å². The zero-order valence-corrected chi connectivity index (χ0v) is 16.9. The minimum absolute atomic E-state index is 0.103. The van der Waals surface area contributed by atoms with E-state index in [1.165, 1.54) is 10.6 Å². The fraction of sp³-hybridized carbons (Fsp3) is 0.182. The normalized spacial score (nSPS) is 12.4. The van der Waals surface area contributed by atoms with Crippen molar-refractivity contribution < 1.29 is 18.3 Å². The average molecular weight is 408 g/mol. The zero-order valence-electron chi connectivity index (χ0n) is 16.1. The third kappa shape index (κ3) is 3.55. The molecule has 29 heavy (non-hydrogen) atoms. The molecule has 148 valence electrons.